The maximum absolute atomic E-state index is 12.8. The van der Waals surface area contributed by atoms with Crippen LogP contribution in [0.2, 0.25) is 0 Å². The minimum atomic E-state index is -0.368. The van der Waals surface area contributed by atoms with Gasteiger partial charge >= 0.3 is 5.63 Å². The number of hydrogen-bond donors (Lipinski definition) is 0. The fourth-order valence-corrected chi connectivity index (χ4v) is 5.07. The largest absolute Gasteiger partial charge is 0.422 e. The smallest absolute Gasteiger partial charge is 0.345 e. The normalized spacial score (nSPS) is 21.4. The molecule has 2 saturated heterocycles. The summed E-state index contributed by atoms with van der Waals surface area (Å²) in [5, 5.41) is 0.901. The van der Waals surface area contributed by atoms with E-state index in [2.05, 4.69) is 32.9 Å². The minimum absolute atomic E-state index is 0.368. The Kier molecular flexibility index (Phi) is 3.62. The average molecular weight is 401 g/mol. The molecule has 0 aliphatic carbocycles. The molecule has 0 spiro atoms. The maximum Gasteiger partial charge on any atom is 0.345 e. The number of likely N-dealkylation sites (tertiary alicyclic amines) is 1. The third kappa shape index (κ3) is 2.58. The Morgan fingerprint density at radius 3 is 2.70 bits per heavy atom. The van der Waals surface area contributed by atoms with E-state index in [1.807, 2.05) is 48.8 Å². The molecular formula is C23H23N5O2. The van der Waals surface area contributed by atoms with E-state index in [1.165, 1.54) is 6.42 Å². The molecule has 152 valence electrons. The topological polar surface area (TPSA) is 66.9 Å². The number of anilines is 1. The number of nitrogens with zero attached hydrogens (tertiary/aromatic N) is 5. The van der Waals surface area contributed by atoms with Gasteiger partial charge in [-0.1, -0.05) is 0 Å². The molecule has 2 bridgehead atoms. The molecule has 0 radical (unpaired) electrons. The van der Waals surface area contributed by atoms with Gasteiger partial charge in [-0.15, -0.1) is 0 Å². The Labute approximate surface area is 173 Å². The molecule has 0 amide bonds. The lowest BCUT2D eigenvalue weighted by Crippen LogP contribution is -2.44. The first-order chi connectivity index (χ1) is 14.5. The molecule has 0 unspecified atom stereocenters. The summed E-state index contributed by atoms with van der Waals surface area (Å²) in [6.07, 6.45) is 4.98. The highest BCUT2D eigenvalue weighted by molar-refractivity contribution is 5.84. The zero-order valence-corrected chi connectivity index (χ0v) is 17.3. The first-order valence-corrected chi connectivity index (χ1v) is 10.3. The highest BCUT2D eigenvalue weighted by Crippen LogP contribution is 2.35. The van der Waals surface area contributed by atoms with Gasteiger partial charge in [0.15, 0.2) is 5.65 Å². The van der Waals surface area contributed by atoms with Crippen LogP contribution in [0.4, 0.5) is 5.69 Å². The summed E-state index contributed by atoms with van der Waals surface area (Å²) in [4.78, 5) is 26.8. The van der Waals surface area contributed by atoms with Crippen LogP contribution in [-0.2, 0) is 0 Å². The molecule has 0 N–H and O–H groups in total. The number of benzene rings is 1. The summed E-state index contributed by atoms with van der Waals surface area (Å²) in [5.41, 5.74) is 4.94. The van der Waals surface area contributed by atoms with Gasteiger partial charge in [-0.25, -0.2) is 9.78 Å². The summed E-state index contributed by atoms with van der Waals surface area (Å²) >= 11 is 0. The van der Waals surface area contributed by atoms with E-state index in [9.17, 15) is 4.79 Å². The molecule has 2 atom stereocenters. The van der Waals surface area contributed by atoms with Gasteiger partial charge in [0.25, 0.3) is 0 Å². The number of hydrogen-bond acceptors (Lipinski definition) is 6. The van der Waals surface area contributed by atoms with Gasteiger partial charge in [-0.3, -0.25) is 9.88 Å². The van der Waals surface area contributed by atoms with E-state index < -0.39 is 0 Å². The highest BCUT2D eigenvalue weighted by atomic mass is 16.4. The van der Waals surface area contributed by atoms with Crippen LogP contribution < -0.4 is 10.5 Å². The highest BCUT2D eigenvalue weighted by Gasteiger charge is 2.41. The molecule has 3 aromatic heterocycles. The number of likely N-dealkylation sites (N-methyl/N-ethyl adjacent to an activating group) is 1. The Balaban J connectivity index is 1.41. The van der Waals surface area contributed by atoms with E-state index in [1.54, 1.807) is 0 Å². The van der Waals surface area contributed by atoms with Crippen LogP contribution in [0.1, 0.15) is 17.8 Å². The van der Waals surface area contributed by atoms with Crippen molar-refractivity contribution in [1.29, 1.82) is 0 Å². The standard InChI is InChI=1S/C23H23N5O2/c1-13-9-27-12-20(25-22(27)14(2)24-13)19-6-15-4-5-16(8-21(15)30-23(19)29)28-11-17-7-18(28)10-26(17)3/h4-6,8-9,12,17-18H,7,10-11H2,1-3H3/t17-,18-/m0/s1. The first kappa shape index (κ1) is 17.7. The molecule has 2 fully saturated rings. The maximum atomic E-state index is 12.8. The second-order valence-electron chi connectivity index (χ2n) is 8.63. The van der Waals surface area contributed by atoms with E-state index >= 15 is 0 Å². The lowest BCUT2D eigenvalue weighted by atomic mass is 10.1. The second-order valence-corrected chi connectivity index (χ2v) is 8.63. The Morgan fingerprint density at radius 2 is 1.93 bits per heavy atom. The van der Waals surface area contributed by atoms with Gasteiger partial charge in [0, 0.05) is 54.7 Å². The molecule has 1 aromatic carbocycles. The summed E-state index contributed by atoms with van der Waals surface area (Å²) in [6, 6.07) is 9.22. The molecule has 2 aliphatic heterocycles. The van der Waals surface area contributed by atoms with Crippen LogP contribution in [0, 0.1) is 13.8 Å². The summed E-state index contributed by atoms with van der Waals surface area (Å²) in [5.74, 6) is 0. The van der Waals surface area contributed by atoms with Crippen molar-refractivity contribution in [2.24, 2.45) is 0 Å². The van der Waals surface area contributed by atoms with Crippen molar-refractivity contribution in [2.75, 3.05) is 25.0 Å². The molecule has 2 aliphatic rings. The van der Waals surface area contributed by atoms with Crippen LogP contribution in [-0.4, -0.2) is 51.5 Å². The molecule has 7 nitrogen and oxygen atoms in total. The first-order valence-electron chi connectivity index (χ1n) is 10.3. The van der Waals surface area contributed by atoms with Crippen molar-refractivity contribution in [3.8, 4) is 11.3 Å². The number of fused-ring (bicyclic) bond motifs is 4. The van der Waals surface area contributed by atoms with Crippen molar-refractivity contribution < 1.29 is 4.42 Å². The van der Waals surface area contributed by atoms with Gasteiger partial charge in [0.05, 0.1) is 22.6 Å². The van der Waals surface area contributed by atoms with Crippen LogP contribution in [0.15, 0.2) is 45.9 Å². The van der Waals surface area contributed by atoms with Crippen molar-refractivity contribution in [2.45, 2.75) is 32.4 Å². The molecule has 7 heteroatoms. The number of imidazole rings is 1. The summed E-state index contributed by atoms with van der Waals surface area (Å²) < 4.78 is 7.66. The zero-order valence-electron chi connectivity index (χ0n) is 17.3. The molecular weight excluding hydrogens is 378 g/mol. The number of aromatic nitrogens is 3. The Morgan fingerprint density at radius 1 is 1.07 bits per heavy atom. The summed E-state index contributed by atoms with van der Waals surface area (Å²) in [6.45, 7) is 5.99. The second kappa shape index (κ2) is 6.15. The van der Waals surface area contributed by atoms with E-state index in [4.69, 9.17) is 4.42 Å². The minimum Gasteiger partial charge on any atom is -0.422 e. The quantitative estimate of drug-likeness (QED) is 0.481. The SMILES string of the molecule is Cc1cn2cc(-c3cc4ccc(N5C[C@@H]6C[C@H]5CN6C)cc4oc3=O)nc2c(C)n1. The van der Waals surface area contributed by atoms with Crippen LogP contribution in [0.3, 0.4) is 0 Å². The molecule has 5 heterocycles. The van der Waals surface area contributed by atoms with Gasteiger partial charge in [-0.05, 0) is 45.5 Å². The van der Waals surface area contributed by atoms with Crippen LogP contribution in [0.5, 0.6) is 0 Å². The van der Waals surface area contributed by atoms with Crippen LogP contribution in [0.25, 0.3) is 27.9 Å². The fraction of sp³-hybridized carbons (Fsp3) is 0.348. The van der Waals surface area contributed by atoms with Gasteiger partial charge < -0.3 is 13.7 Å². The van der Waals surface area contributed by atoms with Crippen LogP contribution >= 0.6 is 0 Å². The monoisotopic (exact) mass is 401 g/mol. The third-order valence-corrected chi connectivity index (χ3v) is 6.57. The van der Waals surface area contributed by atoms with Crippen molar-refractivity contribution in [1.82, 2.24) is 19.3 Å². The number of rotatable bonds is 2. The van der Waals surface area contributed by atoms with Gasteiger partial charge in [0.2, 0.25) is 0 Å². The van der Waals surface area contributed by atoms with E-state index in [-0.39, 0.29) is 5.63 Å². The molecule has 0 saturated carbocycles. The molecule has 6 rings (SSSR count). The van der Waals surface area contributed by atoms with Crippen molar-refractivity contribution >= 4 is 22.3 Å². The Bertz CT molecular complexity index is 1370. The zero-order chi connectivity index (χ0) is 20.6. The lowest BCUT2D eigenvalue weighted by molar-refractivity contribution is 0.292. The van der Waals surface area contributed by atoms with Crippen molar-refractivity contribution in [3.63, 3.8) is 0 Å². The van der Waals surface area contributed by atoms with Gasteiger partial charge in [0.1, 0.15) is 5.58 Å². The van der Waals surface area contributed by atoms with Crippen molar-refractivity contribution in [3.05, 3.63) is 58.5 Å². The summed E-state index contributed by atoms with van der Waals surface area (Å²) in [7, 11) is 2.20. The fourth-order valence-electron chi connectivity index (χ4n) is 5.07. The lowest BCUT2D eigenvalue weighted by Gasteiger charge is -2.33. The average Bonchev–Trinajstić information content (AvgIpc) is 3.40. The molecule has 4 aromatic rings. The van der Waals surface area contributed by atoms with Gasteiger partial charge in [-0.2, -0.15) is 0 Å². The third-order valence-electron chi connectivity index (χ3n) is 6.57. The number of piperazine rings is 1. The predicted octanol–water partition coefficient (Wildman–Crippen LogP) is 3.01. The molecule has 30 heavy (non-hydrogen) atoms. The predicted molar refractivity (Wildman–Crippen MR) is 116 cm³/mol. The van der Waals surface area contributed by atoms with E-state index in [0.717, 1.165) is 41.2 Å². The number of aryl methyl sites for hydroxylation is 2. The Hall–Kier alpha value is -3.19. The van der Waals surface area contributed by atoms with E-state index in [0.29, 0.717) is 28.9 Å².